The third-order valence-electron chi connectivity index (χ3n) is 5.46. The highest BCUT2D eigenvalue weighted by atomic mass is 16.5. The van der Waals surface area contributed by atoms with Gasteiger partial charge in [0.25, 0.3) is 0 Å². The number of allylic oxidation sites excluding steroid dienone is 2. The van der Waals surface area contributed by atoms with E-state index in [1.165, 1.54) is 22.5 Å². The molecule has 4 heterocycles. The van der Waals surface area contributed by atoms with E-state index in [2.05, 4.69) is 74.9 Å². The molecule has 0 amide bonds. The summed E-state index contributed by atoms with van der Waals surface area (Å²) in [4.78, 5) is 9.17. The maximum Gasteiger partial charge on any atom is 0.123 e. The molecule has 0 spiro atoms. The third kappa shape index (κ3) is 3.35. The van der Waals surface area contributed by atoms with Gasteiger partial charge in [0.15, 0.2) is 0 Å². The van der Waals surface area contributed by atoms with Gasteiger partial charge in [-0.2, -0.15) is 0 Å². The van der Waals surface area contributed by atoms with Crippen molar-refractivity contribution in [2.45, 2.75) is 6.17 Å². The van der Waals surface area contributed by atoms with Gasteiger partial charge in [-0.25, -0.2) is 0 Å². The van der Waals surface area contributed by atoms with Crippen molar-refractivity contribution in [1.82, 2.24) is 20.1 Å². The van der Waals surface area contributed by atoms with Crippen molar-refractivity contribution in [2.75, 3.05) is 32.8 Å². The van der Waals surface area contributed by atoms with Crippen LogP contribution in [-0.4, -0.2) is 53.8 Å². The maximum absolute atomic E-state index is 5.54. The number of aromatic nitrogens is 1. The fraction of sp³-hybridized carbons (Fsp3) is 0.261. The Hall–Kier alpha value is -2.89. The standard InChI is InChI=1S/C23H24N4O/c1-2-5-18(6-3-1)20-8-9-22-25-23(19-7-4-10-24-15-19)21(27(22)16-20)17-26-11-13-28-14-12-26/h1-10,15-16,22,25H,11-14,17H2. The highest BCUT2D eigenvalue weighted by Crippen LogP contribution is 2.33. The van der Waals surface area contributed by atoms with Crippen LogP contribution in [0.1, 0.15) is 11.1 Å². The monoisotopic (exact) mass is 372 g/mol. The zero-order chi connectivity index (χ0) is 18.8. The predicted octanol–water partition coefficient (Wildman–Crippen LogP) is 2.92. The lowest BCUT2D eigenvalue weighted by Crippen LogP contribution is -2.40. The summed E-state index contributed by atoms with van der Waals surface area (Å²) in [5, 5.41) is 3.70. The molecule has 1 atom stereocenters. The Morgan fingerprint density at radius 3 is 2.64 bits per heavy atom. The molecular formula is C23H24N4O. The molecule has 1 fully saturated rings. The van der Waals surface area contributed by atoms with Crippen LogP contribution in [-0.2, 0) is 4.74 Å². The van der Waals surface area contributed by atoms with Crippen molar-refractivity contribution in [3.8, 4) is 0 Å². The summed E-state index contributed by atoms with van der Waals surface area (Å²) in [6.07, 6.45) is 10.6. The van der Waals surface area contributed by atoms with E-state index in [0.717, 1.165) is 38.4 Å². The number of hydrogen-bond acceptors (Lipinski definition) is 5. The van der Waals surface area contributed by atoms with Crippen LogP contribution in [0.15, 0.2) is 78.9 Å². The second-order valence-electron chi connectivity index (χ2n) is 7.26. The fourth-order valence-corrected chi connectivity index (χ4v) is 3.98. The molecular weight excluding hydrogens is 348 g/mol. The summed E-state index contributed by atoms with van der Waals surface area (Å²) >= 11 is 0. The van der Waals surface area contributed by atoms with E-state index < -0.39 is 0 Å². The van der Waals surface area contributed by atoms with Crippen LogP contribution in [0.4, 0.5) is 0 Å². The minimum absolute atomic E-state index is 0.138. The number of nitrogens with one attached hydrogen (secondary N) is 1. The molecule has 0 radical (unpaired) electrons. The molecule has 1 saturated heterocycles. The Labute approximate surface area is 165 Å². The first kappa shape index (κ1) is 17.2. The largest absolute Gasteiger partial charge is 0.379 e. The van der Waals surface area contributed by atoms with Crippen molar-refractivity contribution < 1.29 is 4.74 Å². The summed E-state index contributed by atoms with van der Waals surface area (Å²) in [5.41, 5.74) is 6.05. The highest BCUT2D eigenvalue weighted by molar-refractivity contribution is 5.78. The quantitative estimate of drug-likeness (QED) is 0.894. The molecule has 5 rings (SSSR count). The number of nitrogens with zero attached hydrogens (tertiary/aromatic N) is 3. The molecule has 2 aromatic rings. The van der Waals surface area contributed by atoms with Gasteiger partial charge in [0, 0.05) is 43.8 Å². The van der Waals surface area contributed by atoms with Crippen molar-refractivity contribution in [1.29, 1.82) is 0 Å². The fourth-order valence-electron chi connectivity index (χ4n) is 3.98. The summed E-state index contributed by atoms with van der Waals surface area (Å²) in [5.74, 6) is 0. The van der Waals surface area contributed by atoms with E-state index in [4.69, 9.17) is 4.74 Å². The summed E-state index contributed by atoms with van der Waals surface area (Å²) < 4.78 is 5.54. The number of pyridine rings is 1. The molecule has 5 heteroatoms. The molecule has 28 heavy (non-hydrogen) atoms. The minimum Gasteiger partial charge on any atom is -0.379 e. The highest BCUT2D eigenvalue weighted by Gasteiger charge is 2.32. The van der Waals surface area contributed by atoms with Gasteiger partial charge in [0.1, 0.15) is 6.17 Å². The van der Waals surface area contributed by atoms with Crippen LogP contribution in [0.3, 0.4) is 0 Å². The van der Waals surface area contributed by atoms with Gasteiger partial charge in [-0.05, 0) is 29.3 Å². The molecule has 1 aromatic carbocycles. The first-order chi connectivity index (χ1) is 13.9. The third-order valence-corrected chi connectivity index (χ3v) is 5.46. The lowest BCUT2D eigenvalue weighted by Gasteiger charge is -2.32. The average Bonchev–Trinajstić information content (AvgIpc) is 3.13. The maximum atomic E-state index is 5.54. The Morgan fingerprint density at radius 2 is 1.86 bits per heavy atom. The Balaban J connectivity index is 1.52. The SMILES string of the molecule is C1=CC2NC(c3cccnc3)=C(CN3CCOCC3)N2C=C1c1ccccc1. The number of fused-ring (bicyclic) bond motifs is 1. The van der Waals surface area contributed by atoms with E-state index in [1.807, 2.05) is 18.5 Å². The zero-order valence-corrected chi connectivity index (χ0v) is 15.8. The van der Waals surface area contributed by atoms with Crippen LogP contribution < -0.4 is 5.32 Å². The van der Waals surface area contributed by atoms with Crippen molar-refractivity contribution in [2.24, 2.45) is 0 Å². The Bertz CT molecular complexity index is 914. The van der Waals surface area contributed by atoms with Gasteiger partial charge in [0.2, 0.25) is 0 Å². The van der Waals surface area contributed by atoms with E-state index in [-0.39, 0.29) is 6.17 Å². The normalized spacial score (nSPS) is 22.1. The summed E-state index contributed by atoms with van der Waals surface area (Å²) in [7, 11) is 0. The number of benzene rings is 1. The van der Waals surface area contributed by atoms with Crippen molar-refractivity contribution in [3.05, 3.63) is 90.0 Å². The van der Waals surface area contributed by atoms with Crippen LogP contribution in [0, 0.1) is 0 Å². The van der Waals surface area contributed by atoms with Crippen LogP contribution in [0.2, 0.25) is 0 Å². The Kier molecular flexibility index (Phi) is 4.69. The lowest BCUT2D eigenvalue weighted by atomic mass is 10.0. The van der Waals surface area contributed by atoms with Gasteiger partial charge in [-0.3, -0.25) is 9.88 Å². The van der Waals surface area contributed by atoms with E-state index in [0.29, 0.717) is 0 Å². The molecule has 1 N–H and O–H groups in total. The van der Waals surface area contributed by atoms with E-state index >= 15 is 0 Å². The predicted molar refractivity (Wildman–Crippen MR) is 111 cm³/mol. The smallest absolute Gasteiger partial charge is 0.123 e. The average molecular weight is 372 g/mol. The van der Waals surface area contributed by atoms with Crippen LogP contribution in [0.5, 0.6) is 0 Å². The summed E-state index contributed by atoms with van der Waals surface area (Å²) in [6.45, 7) is 4.43. The molecule has 1 unspecified atom stereocenters. The molecule has 3 aliphatic heterocycles. The first-order valence-corrected chi connectivity index (χ1v) is 9.82. The molecule has 0 saturated carbocycles. The van der Waals surface area contributed by atoms with Gasteiger partial charge < -0.3 is 15.0 Å². The molecule has 142 valence electrons. The second-order valence-corrected chi connectivity index (χ2v) is 7.26. The molecule has 3 aliphatic rings. The van der Waals surface area contributed by atoms with Crippen LogP contribution in [0.25, 0.3) is 11.3 Å². The van der Waals surface area contributed by atoms with Crippen molar-refractivity contribution in [3.63, 3.8) is 0 Å². The van der Waals surface area contributed by atoms with Crippen molar-refractivity contribution >= 4 is 11.3 Å². The minimum atomic E-state index is 0.138. The number of hydrogen-bond donors (Lipinski definition) is 1. The number of rotatable bonds is 4. The molecule has 5 nitrogen and oxygen atoms in total. The first-order valence-electron chi connectivity index (χ1n) is 9.82. The number of ether oxygens (including phenoxy) is 1. The number of morpholine rings is 1. The summed E-state index contributed by atoms with van der Waals surface area (Å²) in [6, 6.07) is 14.7. The Morgan fingerprint density at radius 1 is 1.04 bits per heavy atom. The van der Waals surface area contributed by atoms with E-state index in [1.54, 1.807) is 0 Å². The van der Waals surface area contributed by atoms with Gasteiger partial charge in [-0.15, -0.1) is 0 Å². The molecule has 0 aliphatic carbocycles. The lowest BCUT2D eigenvalue weighted by molar-refractivity contribution is 0.0401. The zero-order valence-electron chi connectivity index (χ0n) is 15.8. The van der Waals surface area contributed by atoms with Gasteiger partial charge in [-0.1, -0.05) is 36.4 Å². The van der Waals surface area contributed by atoms with Gasteiger partial charge >= 0.3 is 0 Å². The van der Waals surface area contributed by atoms with E-state index in [9.17, 15) is 0 Å². The van der Waals surface area contributed by atoms with Gasteiger partial charge in [0.05, 0.1) is 24.6 Å². The second kappa shape index (κ2) is 7.62. The van der Waals surface area contributed by atoms with Crippen LogP contribution >= 0.6 is 0 Å². The molecule has 1 aromatic heterocycles. The molecule has 0 bridgehead atoms. The topological polar surface area (TPSA) is 40.6 Å².